The van der Waals surface area contributed by atoms with Crippen molar-refractivity contribution >= 4 is 29.9 Å². The van der Waals surface area contributed by atoms with Crippen LogP contribution >= 0.6 is 24.0 Å². The van der Waals surface area contributed by atoms with E-state index >= 15 is 0 Å². The van der Waals surface area contributed by atoms with E-state index in [1.165, 1.54) is 6.07 Å². The van der Waals surface area contributed by atoms with Gasteiger partial charge < -0.3 is 15.2 Å². The van der Waals surface area contributed by atoms with E-state index in [1.807, 2.05) is 25.5 Å². The number of aromatic nitrogens is 3. The molecule has 23 heavy (non-hydrogen) atoms. The maximum Gasteiger partial charge on any atom is 0.191 e. The van der Waals surface area contributed by atoms with E-state index in [-0.39, 0.29) is 36.3 Å². The third kappa shape index (κ3) is 5.45. The standard InChI is InChI=1S/C15H21FN6.HI/c1-4-17-15(18-9-12-7-5-6-8-13(12)16)19-10-14-21-20-11(2)22(14)3;/h5-8H,4,9-10H2,1-3H3,(H2,17,18,19);1H. The lowest BCUT2D eigenvalue weighted by atomic mass is 10.2. The molecule has 0 saturated carbocycles. The second-order valence-electron chi connectivity index (χ2n) is 4.86. The van der Waals surface area contributed by atoms with Crippen LogP contribution in [-0.4, -0.2) is 27.3 Å². The van der Waals surface area contributed by atoms with E-state index < -0.39 is 0 Å². The fraction of sp³-hybridized carbons (Fsp3) is 0.400. The zero-order chi connectivity index (χ0) is 15.9. The number of aliphatic imine (C=N–C) groups is 1. The number of benzene rings is 1. The van der Waals surface area contributed by atoms with Crippen molar-refractivity contribution in [1.29, 1.82) is 0 Å². The van der Waals surface area contributed by atoms with Crippen molar-refractivity contribution in [3.05, 3.63) is 47.3 Å². The number of nitrogens with zero attached hydrogens (tertiary/aromatic N) is 4. The Kier molecular flexibility index (Phi) is 7.93. The Morgan fingerprint density at radius 1 is 1.26 bits per heavy atom. The maximum atomic E-state index is 13.6. The van der Waals surface area contributed by atoms with Gasteiger partial charge in [0.25, 0.3) is 0 Å². The first-order valence-electron chi connectivity index (χ1n) is 7.22. The highest BCUT2D eigenvalue weighted by molar-refractivity contribution is 14.0. The van der Waals surface area contributed by atoms with E-state index in [4.69, 9.17) is 0 Å². The Morgan fingerprint density at radius 3 is 2.61 bits per heavy atom. The van der Waals surface area contributed by atoms with Crippen molar-refractivity contribution in [3.63, 3.8) is 0 Å². The van der Waals surface area contributed by atoms with E-state index in [1.54, 1.807) is 18.2 Å². The first kappa shape index (κ1) is 19.3. The molecule has 0 atom stereocenters. The van der Waals surface area contributed by atoms with Crippen molar-refractivity contribution in [2.75, 3.05) is 6.54 Å². The Bertz CT molecular complexity index is 655. The first-order chi connectivity index (χ1) is 10.6. The Balaban J connectivity index is 0.00000264. The minimum Gasteiger partial charge on any atom is -0.357 e. The van der Waals surface area contributed by atoms with E-state index in [0.29, 0.717) is 18.1 Å². The fourth-order valence-electron chi connectivity index (χ4n) is 1.90. The van der Waals surface area contributed by atoms with Crippen LogP contribution in [0.1, 0.15) is 24.1 Å². The molecule has 1 aromatic carbocycles. The van der Waals surface area contributed by atoms with Gasteiger partial charge in [-0.15, -0.1) is 34.2 Å². The van der Waals surface area contributed by atoms with Gasteiger partial charge in [0.2, 0.25) is 0 Å². The van der Waals surface area contributed by atoms with Crippen molar-refractivity contribution in [2.45, 2.75) is 26.9 Å². The number of hydrogen-bond acceptors (Lipinski definition) is 3. The van der Waals surface area contributed by atoms with Gasteiger partial charge in [0.05, 0.1) is 13.1 Å². The molecular weight excluding hydrogens is 410 g/mol. The number of halogens is 2. The molecule has 0 aliphatic heterocycles. The number of aryl methyl sites for hydroxylation is 1. The molecule has 0 radical (unpaired) electrons. The lowest BCUT2D eigenvalue weighted by Gasteiger charge is -2.11. The van der Waals surface area contributed by atoms with Crippen molar-refractivity contribution in [3.8, 4) is 0 Å². The second-order valence-corrected chi connectivity index (χ2v) is 4.86. The summed E-state index contributed by atoms with van der Waals surface area (Å²) in [4.78, 5) is 4.39. The highest BCUT2D eigenvalue weighted by Crippen LogP contribution is 2.07. The van der Waals surface area contributed by atoms with Crippen molar-refractivity contribution in [2.24, 2.45) is 12.0 Å². The summed E-state index contributed by atoms with van der Waals surface area (Å²) in [5.74, 6) is 2.04. The summed E-state index contributed by atoms with van der Waals surface area (Å²) in [7, 11) is 1.91. The molecule has 2 rings (SSSR count). The SMILES string of the molecule is CCNC(=NCc1ccccc1F)NCc1nnc(C)n1C.I. The molecule has 0 amide bonds. The van der Waals surface area contributed by atoms with Gasteiger partial charge in [0.1, 0.15) is 11.6 Å². The van der Waals surface area contributed by atoms with Crippen LogP contribution in [0.3, 0.4) is 0 Å². The summed E-state index contributed by atoms with van der Waals surface area (Å²) < 4.78 is 15.5. The molecule has 0 fully saturated rings. The monoisotopic (exact) mass is 432 g/mol. The van der Waals surface area contributed by atoms with Crippen molar-refractivity contribution < 1.29 is 4.39 Å². The third-order valence-electron chi connectivity index (χ3n) is 3.31. The fourth-order valence-corrected chi connectivity index (χ4v) is 1.90. The molecule has 0 unspecified atom stereocenters. The second kappa shape index (κ2) is 9.43. The van der Waals surface area contributed by atoms with Gasteiger partial charge >= 0.3 is 0 Å². The molecule has 2 aromatic rings. The average molecular weight is 432 g/mol. The number of hydrogen-bond donors (Lipinski definition) is 2. The molecule has 6 nitrogen and oxygen atoms in total. The van der Waals surface area contributed by atoms with Gasteiger partial charge in [0, 0.05) is 19.2 Å². The van der Waals surface area contributed by atoms with Gasteiger partial charge in [-0.25, -0.2) is 9.38 Å². The molecule has 1 aromatic heterocycles. The molecule has 0 aliphatic carbocycles. The van der Waals surface area contributed by atoms with Gasteiger partial charge in [0.15, 0.2) is 11.8 Å². The van der Waals surface area contributed by atoms with Crippen LogP contribution in [0.2, 0.25) is 0 Å². The summed E-state index contributed by atoms with van der Waals surface area (Å²) in [6.45, 7) is 5.38. The molecule has 2 N–H and O–H groups in total. The summed E-state index contributed by atoms with van der Waals surface area (Å²) in [6, 6.07) is 6.64. The van der Waals surface area contributed by atoms with Crippen LogP contribution in [0.5, 0.6) is 0 Å². The molecule has 0 aliphatic rings. The Morgan fingerprint density at radius 2 is 2.00 bits per heavy atom. The molecular formula is C15H22FIN6. The largest absolute Gasteiger partial charge is 0.357 e. The molecule has 8 heteroatoms. The number of rotatable bonds is 5. The summed E-state index contributed by atoms with van der Waals surface area (Å²) >= 11 is 0. The number of guanidine groups is 1. The Labute approximate surface area is 152 Å². The van der Waals surface area contributed by atoms with Gasteiger partial charge in [-0.2, -0.15) is 0 Å². The van der Waals surface area contributed by atoms with E-state index in [9.17, 15) is 4.39 Å². The highest BCUT2D eigenvalue weighted by Gasteiger charge is 2.06. The zero-order valence-corrected chi connectivity index (χ0v) is 15.8. The summed E-state index contributed by atoms with van der Waals surface area (Å²) in [5, 5.41) is 14.4. The smallest absolute Gasteiger partial charge is 0.191 e. The average Bonchev–Trinajstić information content (AvgIpc) is 2.83. The van der Waals surface area contributed by atoms with Crippen LogP contribution in [0.15, 0.2) is 29.3 Å². The minimum atomic E-state index is -0.244. The molecule has 126 valence electrons. The van der Waals surface area contributed by atoms with Gasteiger partial charge in [-0.3, -0.25) is 0 Å². The quantitative estimate of drug-likeness (QED) is 0.432. The van der Waals surface area contributed by atoms with E-state index in [0.717, 1.165) is 18.2 Å². The molecule has 0 bridgehead atoms. The van der Waals surface area contributed by atoms with Crippen LogP contribution in [0.4, 0.5) is 4.39 Å². The van der Waals surface area contributed by atoms with Crippen LogP contribution in [0, 0.1) is 12.7 Å². The highest BCUT2D eigenvalue weighted by atomic mass is 127. The summed E-state index contributed by atoms with van der Waals surface area (Å²) in [6.07, 6.45) is 0. The summed E-state index contributed by atoms with van der Waals surface area (Å²) in [5.41, 5.74) is 0.564. The van der Waals surface area contributed by atoms with Gasteiger partial charge in [-0.05, 0) is 19.9 Å². The zero-order valence-electron chi connectivity index (χ0n) is 13.5. The van der Waals surface area contributed by atoms with Crippen LogP contribution in [-0.2, 0) is 20.1 Å². The molecule has 0 saturated heterocycles. The maximum absolute atomic E-state index is 13.6. The minimum absolute atomic E-state index is 0. The van der Waals surface area contributed by atoms with Crippen molar-refractivity contribution in [1.82, 2.24) is 25.4 Å². The van der Waals surface area contributed by atoms with Crippen LogP contribution in [0.25, 0.3) is 0 Å². The predicted molar refractivity (Wildman–Crippen MR) is 99.2 cm³/mol. The molecule has 1 heterocycles. The van der Waals surface area contributed by atoms with Gasteiger partial charge in [-0.1, -0.05) is 18.2 Å². The number of nitrogens with one attached hydrogen (secondary N) is 2. The third-order valence-corrected chi connectivity index (χ3v) is 3.31. The lowest BCUT2D eigenvalue weighted by molar-refractivity contribution is 0.610. The lowest BCUT2D eigenvalue weighted by Crippen LogP contribution is -2.37. The first-order valence-corrected chi connectivity index (χ1v) is 7.22. The van der Waals surface area contributed by atoms with Crippen LogP contribution < -0.4 is 10.6 Å². The predicted octanol–water partition coefficient (Wildman–Crippen LogP) is 2.14. The normalized spacial score (nSPS) is 11.0. The Hall–Kier alpha value is -1.71. The van der Waals surface area contributed by atoms with E-state index in [2.05, 4.69) is 25.8 Å². The topological polar surface area (TPSA) is 67.1 Å². The molecule has 0 spiro atoms.